The van der Waals surface area contributed by atoms with Gasteiger partial charge in [-0.25, -0.2) is 4.79 Å². The number of benzene rings is 1. The number of anilines is 1. The number of hydrogen-bond acceptors (Lipinski definition) is 3. The van der Waals surface area contributed by atoms with Gasteiger partial charge in [-0.3, -0.25) is 4.79 Å². The lowest BCUT2D eigenvalue weighted by atomic mass is 10.3. The molecule has 0 atom stereocenters. The van der Waals surface area contributed by atoms with Crippen molar-refractivity contribution in [3.05, 3.63) is 28.7 Å². The van der Waals surface area contributed by atoms with E-state index in [-0.39, 0.29) is 18.4 Å². The van der Waals surface area contributed by atoms with Crippen molar-refractivity contribution in [2.45, 2.75) is 6.42 Å². The Hall–Kier alpha value is -1.21. The molecule has 0 bridgehead atoms. The Morgan fingerprint density at radius 2 is 1.79 bits per heavy atom. The van der Waals surface area contributed by atoms with E-state index in [0.717, 1.165) is 4.47 Å². The van der Waals surface area contributed by atoms with Gasteiger partial charge in [-0.05, 0) is 24.3 Å². The molecule has 1 aromatic rings. The average molecular weight is 346 g/mol. The van der Waals surface area contributed by atoms with Crippen LogP contribution in [0.25, 0.3) is 0 Å². The summed E-state index contributed by atoms with van der Waals surface area (Å²) < 4.78 is 0.944. The van der Waals surface area contributed by atoms with E-state index < -0.39 is 0 Å². The minimum absolute atomic E-state index is 0.0991. The Morgan fingerprint density at radius 3 is 2.42 bits per heavy atom. The molecule has 0 radical (unpaired) electrons. The van der Waals surface area contributed by atoms with Gasteiger partial charge in [0.2, 0.25) is 5.91 Å². The lowest BCUT2D eigenvalue weighted by molar-refractivity contribution is -0.120. The Balaban J connectivity index is 2.21. The highest BCUT2D eigenvalue weighted by Crippen LogP contribution is 2.13. The van der Waals surface area contributed by atoms with Crippen molar-refractivity contribution < 1.29 is 9.59 Å². The number of halogens is 1. The number of rotatable bonds is 6. The Bertz CT molecular complexity index is 425. The Labute approximate surface area is 126 Å². The molecule has 0 aliphatic carbocycles. The van der Waals surface area contributed by atoms with Crippen LogP contribution in [0.1, 0.15) is 6.42 Å². The van der Waals surface area contributed by atoms with E-state index in [2.05, 4.69) is 44.5 Å². The first kappa shape index (κ1) is 15.8. The van der Waals surface area contributed by atoms with E-state index in [1.807, 2.05) is 12.1 Å². The second kappa shape index (κ2) is 8.82. The lowest BCUT2D eigenvalue weighted by Gasteiger charge is -2.07. The van der Waals surface area contributed by atoms with Gasteiger partial charge in [0.25, 0.3) is 0 Å². The van der Waals surface area contributed by atoms with Gasteiger partial charge in [-0.2, -0.15) is 12.6 Å². The van der Waals surface area contributed by atoms with Crippen LogP contribution < -0.4 is 16.0 Å². The van der Waals surface area contributed by atoms with Crippen LogP contribution in [0.3, 0.4) is 0 Å². The zero-order chi connectivity index (χ0) is 14.1. The second-order valence-corrected chi connectivity index (χ2v) is 5.07. The first-order valence-corrected chi connectivity index (χ1v) is 7.22. The lowest BCUT2D eigenvalue weighted by Crippen LogP contribution is -2.33. The van der Waals surface area contributed by atoms with Gasteiger partial charge >= 0.3 is 6.03 Å². The second-order valence-electron chi connectivity index (χ2n) is 3.71. The molecule has 0 aromatic heterocycles. The van der Waals surface area contributed by atoms with Crippen LogP contribution in [0, 0.1) is 0 Å². The fourth-order valence-corrected chi connectivity index (χ4v) is 1.66. The molecule has 19 heavy (non-hydrogen) atoms. The number of carbonyl (C=O) groups excluding carboxylic acids is 2. The molecule has 0 aliphatic rings. The van der Waals surface area contributed by atoms with Crippen molar-refractivity contribution >= 4 is 46.2 Å². The van der Waals surface area contributed by atoms with Crippen molar-refractivity contribution in [1.29, 1.82) is 0 Å². The molecule has 1 aromatic carbocycles. The van der Waals surface area contributed by atoms with E-state index in [4.69, 9.17) is 0 Å². The number of amides is 3. The summed E-state index contributed by atoms with van der Waals surface area (Å²) in [5, 5.41) is 7.95. The molecule has 0 aliphatic heterocycles. The number of thiol groups is 1. The van der Waals surface area contributed by atoms with Crippen LogP contribution >= 0.6 is 28.6 Å². The maximum atomic E-state index is 11.5. The van der Waals surface area contributed by atoms with Crippen molar-refractivity contribution in [2.24, 2.45) is 0 Å². The maximum Gasteiger partial charge on any atom is 0.319 e. The molecule has 3 N–H and O–H groups in total. The Kier molecular flexibility index (Phi) is 7.35. The molecule has 0 fully saturated rings. The topological polar surface area (TPSA) is 70.2 Å². The van der Waals surface area contributed by atoms with E-state index in [1.165, 1.54) is 0 Å². The normalized spacial score (nSPS) is 9.79. The van der Waals surface area contributed by atoms with Gasteiger partial charge in [0.15, 0.2) is 0 Å². The van der Waals surface area contributed by atoms with Gasteiger partial charge in [-0.15, -0.1) is 0 Å². The minimum Gasteiger partial charge on any atom is -0.355 e. The summed E-state index contributed by atoms with van der Waals surface area (Å²) in [6.07, 6.45) is 0.252. The quantitative estimate of drug-likeness (QED) is 0.595. The van der Waals surface area contributed by atoms with Gasteiger partial charge in [0.05, 0.1) is 0 Å². The van der Waals surface area contributed by atoms with Crippen molar-refractivity contribution in [1.82, 2.24) is 10.6 Å². The summed E-state index contributed by atoms with van der Waals surface area (Å²) in [6, 6.07) is 6.90. The molecule has 7 heteroatoms. The van der Waals surface area contributed by atoms with E-state index >= 15 is 0 Å². The molecule has 0 saturated heterocycles. The third-order valence-electron chi connectivity index (χ3n) is 2.17. The summed E-state index contributed by atoms with van der Waals surface area (Å²) in [4.78, 5) is 22.8. The molecular formula is C12H16BrN3O2S. The predicted octanol–water partition coefficient (Wildman–Crippen LogP) is 2.01. The van der Waals surface area contributed by atoms with Crippen molar-refractivity contribution in [3.8, 4) is 0 Å². The zero-order valence-corrected chi connectivity index (χ0v) is 12.8. The van der Waals surface area contributed by atoms with Gasteiger partial charge < -0.3 is 16.0 Å². The fraction of sp³-hybridized carbons (Fsp3) is 0.333. The third kappa shape index (κ3) is 7.07. The zero-order valence-electron chi connectivity index (χ0n) is 10.3. The highest BCUT2D eigenvalue weighted by Gasteiger charge is 2.03. The number of hydrogen-bond donors (Lipinski definition) is 4. The standard InChI is InChI=1S/C12H16BrN3O2S/c13-9-1-3-10(4-2-9)16-12(18)15-6-5-11(17)14-7-8-19/h1-4,19H,5-8H2,(H,14,17)(H2,15,16,18). The summed E-state index contributed by atoms with van der Waals surface area (Å²) >= 11 is 7.30. The first-order valence-electron chi connectivity index (χ1n) is 5.80. The summed E-state index contributed by atoms with van der Waals surface area (Å²) in [6.45, 7) is 0.827. The molecule has 0 unspecified atom stereocenters. The smallest absolute Gasteiger partial charge is 0.319 e. The summed E-state index contributed by atoms with van der Waals surface area (Å²) in [5.41, 5.74) is 0.695. The average Bonchev–Trinajstić information content (AvgIpc) is 2.39. The van der Waals surface area contributed by atoms with Crippen LogP contribution in [-0.4, -0.2) is 30.8 Å². The van der Waals surface area contributed by atoms with Gasteiger partial charge in [0.1, 0.15) is 0 Å². The molecule has 0 heterocycles. The van der Waals surface area contributed by atoms with Crippen molar-refractivity contribution in [2.75, 3.05) is 24.2 Å². The van der Waals surface area contributed by atoms with Crippen LogP contribution in [-0.2, 0) is 4.79 Å². The maximum absolute atomic E-state index is 11.5. The van der Waals surface area contributed by atoms with Crippen LogP contribution in [0.5, 0.6) is 0 Å². The SMILES string of the molecule is O=C(CCNC(=O)Nc1ccc(Br)cc1)NCCS. The highest BCUT2D eigenvalue weighted by atomic mass is 79.9. The van der Waals surface area contributed by atoms with Crippen LogP contribution in [0.4, 0.5) is 10.5 Å². The highest BCUT2D eigenvalue weighted by molar-refractivity contribution is 9.10. The van der Waals surface area contributed by atoms with Gasteiger partial charge in [-0.1, -0.05) is 15.9 Å². The number of carbonyl (C=O) groups is 2. The van der Waals surface area contributed by atoms with Crippen LogP contribution in [0.2, 0.25) is 0 Å². The Morgan fingerprint density at radius 1 is 1.11 bits per heavy atom. The van der Waals surface area contributed by atoms with E-state index in [1.54, 1.807) is 12.1 Å². The fourth-order valence-electron chi connectivity index (χ4n) is 1.28. The first-order chi connectivity index (χ1) is 9.11. The molecule has 5 nitrogen and oxygen atoms in total. The third-order valence-corrected chi connectivity index (χ3v) is 2.93. The molecule has 1 rings (SSSR count). The minimum atomic E-state index is -0.329. The number of urea groups is 1. The monoisotopic (exact) mass is 345 g/mol. The van der Waals surface area contributed by atoms with E-state index in [9.17, 15) is 9.59 Å². The molecular weight excluding hydrogens is 330 g/mol. The molecule has 0 spiro atoms. The molecule has 3 amide bonds. The molecule has 0 saturated carbocycles. The summed E-state index contributed by atoms with van der Waals surface area (Å²) in [5.74, 6) is 0.501. The largest absolute Gasteiger partial charge is 0.355 e. The van der Waals surface area contributed by atoms with Crippen molar-refractivity contribution in [3.63, 3.8) is 0 Å². The van der Waals surface area contributed by atoms with Crippen LogP contribution in [0.15, 0.2) is 28.7 Å². The predicted molar refractivity (Wildman–Crippen MR) is 82.6 cm³/mol. The van der Waals surface area contributed by atoms with E-state index in [0.29, 0.717) is 24.5 Å². The number of nitrogens with one attached hydrogen (secondary N) is 3. The summed E-state index contributed by atoms with van der Waals surface area (Å²) in [7, 11) is 0. The molecule has 104 valence electrons. The van der Waals surface area contributed by atoms with Gasteiger partial charge in [0, 0.05) is 35.4 Å².